The van der Waals surface area contributed by atoms with Crippen LogP contribution in [-0.4, -0.2) is 21.0 Å². The molecule has 0 amide bonds. The smallest absolute Gasteiger partial charge is 0.432 e. The first-order chi connectivity index (χ1) is 8.09. The van der Waals surface area contributed by atoms with E-state index in [1.807, 2.05) is 37.3 Å². The van der Waals surface area contributed by atoms with Gasteiger partial charge in [0.25, 0.3) is 0 Å². The second-order valence-electron chi connectivity index (χ2n) is 4.01. The minimum absolute atomic E-state index is 0. The van der Waals surface area contributed by atoms with Crippen LogP contribution in [0.15, 0.2) is 30.3 Å². The van der Waals surface area contributed by atoms with Gasteiger partial charge in [-0.1, -0.05) is 30.3 Å². The molecule has 0 bridgehead atoms. The third kappa shape index (κ3) is 2.71. The quantitative estimate of drug-likeness (QED) is 0.909. The summed E-state index contributed by atoms with van der Waals surface area (Å²) in [6.45, 7) is 3.62. The van der Waals surface area contributed by atoms with Gasteiger partial charge >= 0.3 is 6.09 Å². The van der Waals surface area contributed by atoms with Crippen LogP contribution in [0.3, 0.4) is 0 Å². The highest BCUT2D eigenvalue weighted by molar-refractivity contribution is 5.85. The number of carboxylic acid groups (broad SMARTS) is 1. The van der Waals surface area contributed by atoms with E-state index >= 15 is 0 Å². The normalized spacial score (nSPS) is 9.89. The van der Waals surface area contributed by atoms with Crippen molar-refractivity contribution in [1.82, 2.24) is 9.78 Å². The van der Waals surface area contributed by atoms with Crippen LogP contribution >= 0.6 is 12.4 Å². The van der Waals surface area contributed by atoms with E-state index in [2.05, 4.69) is 5.10 Å². The molecule has 2 aromatic rings. The molecule has 0 aliphatic heterocycles. The minimum Gasteiger partial charge on any atom is -0.463 e. The molecule has 0 saturated carbocycles. The molecule has 0 atom stereocenters. The molecule has 0 saturated heterocycles. The summed E-state index contributed by atoms with van der Waals surface area (Å²) in [7, 11) is 0. The van der Waals surface area contributed by atoms with Gasteiger partial charge in [-0.2, -0.15) is 9.78 Å². The van der Waals surface area contributed by atoms with Crippen molar-refractivity contribution in [3.63, 3.8) is 0 Å². The highest BCUT2D eigenvalue weighted by atomic mass is 35.5. The zero-order valence-electron chi connectivity index (χ0n) is 10.3. The van der Waals surface area contributed by atoms with Crippen LogP contribution in [0.4, 0.5) is 4.79 Å². The molecule has 2 rings (SSSR count). The van der Waals surface area contributed by atoms with Crippen molar-refractivity contribution in [3.05, 3.63) is 52.8 Å². The van der Waals surface area contributed by atoms with Crippen LogP contribution < -0.4 is 0 Å². The summed E-state index contributed by atoms with van der Waals surface area (Å²) < 4.78 is 1.04. The Morgan fingerprint density at radius 3 is 2.39 bits per heavy atom. The molecule has 0 fully saturated rings. The topological polar surface area (TPSA) is 55.1 Å². The summed E-state index contributed by atoms with van der Waals surface area (Å²) in [5.74, 6) is 0. The molecule has 0 radical (unpaired) electrons. The number of hydrogen-bond donors (Lipinski definition) is 1. The Morgan fingerprint density at radius 1 is 1.28 bits per heavy atom. The van der Waals surface area contributed by atoms with E-state index in [4.69, 9.17) is 5.11 Å². The first kappa shape index (κ1) is 14.3. The third-order valence-corrected chi connectivity index (χ3v) is 2.85. The summed E-state index contributed by atoms with van der Waals surface area (Å²) in [5, 5.41) is 13.0. The van der Waals surface area contributed by atoms with Crippen molar-refractivity contribution in [2.75, 3.05) is 0 Å². The van der Waals surface area contributed by atoms with Gasteiger partial charge in [0.05, 0.1) is 11.4 Å². The highest BCUT2D eigenvalue weighted by Crippen LogP contribution is 2.17. The Bertz CT molecular complexity index is 550. The highest BCUT2D eigenvalue weighted by Gasteiger charge is 2.15. The van der Waals surface area contributed by atoms with Crippen LogP contribution in [0.1, 0.15) is 22.5 Å². The van der Waals surface area contributed by atoms with Gasteiger partial charge in [0.15, 0.2) is 0 Å². The molecule has 1 heterocycles. The van der Waals surface area contributed by atoms with Gasteiger partial charge in [-0.15, -0.1) is 12.4 Å². The monoisotopic (exact) mass is 266 g/mol. The fourth-order valence-electron chi connectivity index (χ4n) is 1.92. The van der Waals surface area contributed by atoms with Crippen molar-refractivity contribution in [2.24, 2.45) is 0 Å². The summed E-state index contributed by atoms with van der Waals surface area (Å²) in [4.78, 5) is 10.9. The number of benzene rings is 1. The number of halogens is 1. The molecule has 18 heavy (non-hydrogen) atoms. The minimum atomic E-state index is -1.04. The molecule has 4 nitrogen and oxygen atoms in total. The van der Waals surface area contributed by atoms with Crippen LogP contribution in [0.2, 0.25) is 0 Å². The zero-order chi connectivity index (χ0) is 12.4. The molecule has 0 unspecified atom stereocenters. The van der Waals surface area contributed by atoms with Gasteiger partial charge < -0.3 is 5.11 Å². The summed E-state index contributed by atoms with van der Waals surface area (Å²) >= 11 is 0. The van der Waals surface area contributed by atoms with Crippen molar-refractivity contribution in [1.29, 1.82) is 0 Å². The molecule has 0 spiro atoms. The molecule has 5 heteroatoms. The largest absolute Gasteiger partial charge is 0.463 e. The average Bonchev–Trinajstić information content (AvgIpc) is 2.58. The zero-order valence-corrected chi connectivity index (χ0v) is 11.1. The van der Waals surface area contributed by atoms with Crippen molar-refractivity contribution in [2.45, 2.75) is 20.3 Å². The molecule has 0 aliphatic carbocycles. The first-order valence-corrected chi connectivity index (χ1v) is 5.42. The maximum Gasteiger partial charge on any atom is 0.432 e. The Balaban J connectivity index is 0.00000162. The third-order valence-electron chi connectivity index (χ3n) is 2.85. The van der Waals surface area contributed by atoms with E-state index in [1.54, 1.807) is 6.92 Å². The molecule has 1 N–H and O–H groups in total. The van der Waals surface area contributed by atoms with Gasteiger partial charge in [-0.25, -0.2) is 4.79 Å². The maximum atomic E-state index is 10.9. The van der Waals surface area contributed by atoms with Gasteiger partial charge in [-0.05, 0) is 19.4 Å². The molecular formula is C13H15ClN2O2. The van der Waals surface area contributed by atoms with E-state index in [0.717, 1.165) is 21.5 Å². The first-order valence-electron chi connectivity index (χ1n) is 5.42. The Kier molecular flexibility index (Phi) is 4.50. The number of hydrogen-bond acceptors (Lipinski definition) is 2. The number of nitrogens with zero attached hydrogens (tertiary/aromatic N) is 2. The van der Waals surface area contributed by atoms with Crippen molar-refractivity contribution >= 4 is 18.5 Å². The summed E-state index contributed by atoms with van der Waals surface area (Å²) in [6.07, 6.45) is -0.323. The summed E-state index contributed by atoms with van der Waals surface area (Å²) in [6, 6.07) is 9.96. The van der Waals surface area contributed by atoms with E-state index in [-0.39, 0.29) is 12.4 Å². The fourth-order valence-corrected chi connectivity index (χ4v) is 1.92. The van der Waals surface area contributed by atoms with Gasteiger partial charge in [0.1, 0.15) is 0 Å². The molecular weight excluding hydrogens is 252 g/mol. The van der Waals surface area contributed by atoms with Crippen molar-refractivity contribution < 1.29 is 9.90 Å². The van der Waals surface area contributed by atoms with Gasteiger partial charge in [0.2, 0.25) is 0 Å². The maximum absolute atomic E-state index is 10.9. The predicted octanol–water partition coefficient (Wildman–Crippen LogP) is 3.04. The Labute approximate surface area is 112 Å². The Hall–Kier alpha value is -1.81. The van der Waals surface area contributed by atoms with E-state index in [9.17, 15) is 4.79 Å². The lowest BCUT2D eigenvalue weighted by molar-refractivity contribution is 0.192. The lowest BCUT2D eigenvalue weighted by atomic mass is 10.0. The lowest BCUT2D eigenvalue weighted by Gasteiger charge is -2.02. The second-order valence-corrected chi connectivity index (χ2v) is 4.01. The molecule has 1 aromatic carbocycles. The van der Waals surface area contributed by atoms with Gasteiger partial charge in [-0.3, -0.25) is 0 Å². The van der Waals surface area contributed by atoms with Crippen LogP contribution in [0.5, 0.6) is 0 Å². The van der Waals surface area contributed by atoms with E-state index in [1.165, 1.54) is 0 Å². The summed E-state index contributed by atoms with van der Waals surface area (Å²) in [5.41, 5.74) is 3.61. The molecule has 96 valence electrons. The molecule has 0 aliphatic rings. The predicted molar refractivity (Wildman–Crippen MR) is 71.6 cm³/mol. The number of aryl methyl sites for hydroxylation is 1. The SMILES string of the molecule is Cc1nn(C(=O)O)c(C)c1Cc1ccccc1.Cl. The van der Waals surface area contributed by atoms with Crippen molar-refractivity contribution in [3.8, 4) is 0 Å². The standard InChI is InChI=1S/C13H14N2O2.ClH/c1-9-12(8-11-6-4-3-5-7-11)10(2)15(14-9)13(16)17;/h3-7H,8H2,1-2H3,(H,16,17);1H. The average molecular weight is 267 g/mol. The van der Waals surface area contributed by atoms with Gasteiger partial charge in [0, 0.05) is 12.0 Å². The lowest BCUT2D eigenvalue weighted by Crippen LogP contribution is -2.11. The van der Waals surface area contributed by atoms with Crippen LogP contribution in [0.25, 0.3) is 0 Å². The number of aromatic nitrogens is 2. The van der Waals surface area contributed by atoms with E-state index < -0.39 is 6.09 Å². The molecule has 1 aromatic heterocycles. The Morgan fingerprint density at radius 2 is 1.89 bits per heavy atom. The van der Waals surface area contributed by atoms with E-state index in [0.29, 0.717) is 12.1 Å². The number of rotatable bonds is 2. The van der Waals surface area contributed by atoms with Crippen LogP contribution in [-0.2, 0) is 6.42 Å². The fraction of sp³-hybridized carbons (Fsp3) is 0.231. The second kappa shape index (κ2) is 5.69. The number of carbonyl (C=O) groups is 1. The van der Waals surface area contributed by atoms with Crippen LogP contribution in [0, 0.1) is 13.8 Å².